The van der Waals surface area contributed by atoms with Gasteiger partial charge in [0, 0.05) is 5.02 Å². The van der Waals surface area contributed by atoms with Gasteiger partial charge in [0.1, 0.15) is 24.7 Å². The summed E-state index contributed by atoms with van der Waals surface area (Å²) >= 11 is 5.85. The monoisotopic (exact) mass is 502 g/mol. The normalized spacial score (nSPS) is 11.0. The highest BCUT2D eigenvalue weighted by Crippen LogP contribution is 2.26. The molecule has 0 aliphatic carbocycles. The summed E-state index contributed by atoms with van der Waals surface area (Å²) < 4.78 is 38.9. The molecule has 0 unspecified atom stereocenters. The van der Waals surface area contributed by atoms with Crippen LogP contribution in [0.4, 0.5) is 5.69 Å². The van der Waals surface area contributed by atoms with Gasteiger partial charge >= 0.3 is 0 Å². The van der Waals surface area contributed by atoms with Crippen molar-refractivity contribution in [3.05, 3.63) is 83.4 Å². The summed E-state index contributed by atoms with van der Waals surface area (Å²) in [4.78, 5) is 12.8. The highest BCUT2D eigenvalue weighted by molar-refractivity contribution is 7.92. The van der Waals surface area contributed by atoms with Gasteiger partial charge in [-0.2, -0.15) is 0 Å². The summed E-state index contributed by atoms with van der Waals surface area (Å²) in [5.74, 6) is 0.781. The second kappa shape index (κ2) is 11.8. The van der Waals surface area contributed by atoms with E-state index in [9.17, 15) is 13.2 Å². The summed E-state index contributed by atoms with van der Waals surface area (Å²) in [6, 6.07) is 20.0. The van der Waals surface area contributed by atoms with Gasteiger partial charge in [-0.05, 0) is 74.5 Å². The molecule has 0 atom stereocenters. The highest BCUT2D eigenvalue weighted by Gasteiger charge is 2.27. The molecule has 3 aromatic rings. The number of carbonyl (C=O) groups is 1. The number of aryl methyl sites for hydroxylation is 1. The predicted octanol–water partition coefficient (Wildman–Crippen LogP) is 4.44. The topological polar surface area (TPSA) is 84.9 Å². The largest absolute Gasteiger partial charge is 0.494 e. The zero-order valence-corrected chi connectivity index (χ0v) is 20.6. The standard InChI is InChI=1S/C25H27ClN2O5S/c1-3-32-22-12-8-21(9-13-22)28(34(30,31)24-14-4-19(2)5-15-24)18-25(29)27-16-17-33-23-10-6-20(26)7-11-23/h4-15H,3,16-18H2,1-2H3,(H,27,29). The third-order valence-corrected chi connectivity index (χ3v) is 6.88. The highest BCUT2D eigenvalue weighted by atomic mass is 35.5. The number of nitrogens with one attached hydrogen (secondary N) is 1. The van der Waals surface area contributed by atoms with Crippen LogP contribution in [-0.4, -0.2) is 40.6 Å². The molecule has 0 radical (unpaired) electrons. The van der Waals surface area contributed by atoms with E-state index in [-0.39, 0.29) is 24.6 Å². The zero-order valence-electron chi connectivity index (χ0n) is 19.0. The van der Waals surface area contributed by atoms with Crippen molar-refractivity contribution >= 4 is 33.2 Å². The van der Waals surface area contributed by atoms with Crippen molar-refractivity contribution in [3.63, 3.8) is 0 Å². The summed E-state index contributed by atoms with van der Waals surface area (Å²) in [6.07, 6.45) is 0. The molecule has 1 N–H and O–H groups in total. The minimum atomic E-state index is -3.98. The van der Waals surface area contributed by atoms with Crippen LogP contribution in [0.1, 0.15) is 12.5 Å². The molecule has 1 amide bonds. The van der Waals surface area contributed by atoms with Crippen molar-refractivity contribution in [2.75, 3.05) is 30.6 Å². The quantitative estimate of drug-likeness (QED) is 0.392. The number of ether oxygens (including phenoxy) is 2. The zero-order chi connectivity index (χ0) is 24.6. The molecule has 0 aliphatic rings. The third-order valence-electron chi connectivity index (χ3n) is 4.84. The second-order valence-corrected chi connectivity index (χ2v) is 9.70. The lowest BCUT2D eigenvalue weighted by atomic mass is 10.2. The summed E-state index contributed by atoms with van der Waals surface area (Å²) in [5, 5.41) is 3.31. The van der Waals surface area contributed by atoms with Crippen LogP contribution in [0.2, 0.25) is 5.02 Å². The first kappa shape index (κ1) is 25.4. The number of hydrogen-bond acceptors (Lipinski definition) is 5. The number of carbonyl (C=O) groups excluding carboxylic acids is 1. The van der Waals surface area contributed by atoms with Crippen LogP contribution < -0.4 is 19.1 Å². The number of nitrogens with zero attached hydrogens (tertiary/aromatic N) is 1. The van der Waals surface area contributed by atoms with Crippen molar-refractivity contribution in [2.45, 2.75) is 18.7 Å². The molecule has 7 nitrogen and oxygen atoms in total. The Labute approximate surface area is 205 Å². The lowest BCUT2D eigenvalue weighted by molar-refractivity contribution is -0.119. The van der Waals surface area contributed by atoms with Crippen LogP contribution in [0.3, 0.4) is 0 Å². The van der Waals surface area contributed by atoms with E-state index in [4.69, 9.17) is 21.1 Å². The van der Waals surface area contributed by atoms with Crippen molar-refractivity contribution in [3.8, 4) is 11.5 Å². The van der Waals surface area contributed by atoms with Gasteiger partial charge in [0.2, 0.25) is 5.91 Å². The first-order chi connectivity index (χ1) is 16.3. The maximum Gasteiger partial charge on any atom is 0.264 e. The van der Waals surface area contributed by atoms with E-state index in [1.165, 1.54) is 12.1 Å². The third kappa shape index (κ3) is 6.88. The maximum absolute atomic E-state index is 13.4. The fourth-order valence-electron chi connectivity index (χ4n) is 3.10. The molecule has 0 saturated heterocycles. The Morgan fingerprint density at radius 1 is 0.912 bits per heavy atom. The molecule has 180 valence electrons. The fourth-order valence-corrected chi connectivity index (χ4v) is 4.65. The second-order valence-electron chi connectivity index (χ2n) is 7.40. The molecule has 3 rings (SSSR count). The number of halogens is 1. The molecule has 0 bridgehead atoms. The summed E-state index contributed by atoms with van der Waals surface area (Å²) in [6.45, 7) is 4.28. The number of amides is 1. The molecule has 0 fully saturated rings. The number of benzene rings is 3. The lowest BCUT2D eigenvalue weighted by Crippen LogP contribution is -2.41. The van der Waals surface area contributed by atoms with Gasteiger partial charge in [-0.15, -0.1) is 0 Å². The van der Waals surface area contributed by atoms with Gasteiger partial charge in [0.25, 0.3) is 10.0 Å². The molecule has 3 aromatic carbocycles. The predicted molar refractivity (Wildman–Crippen MR) is 133 cm³/mol. The Morgan fingerprint density at radius 3 is 2.12 bits per heavy atom. The Morgan fingerprint density at radius 2 is 1.50 bits per heavy atom. The van der Waals surface area contributed by atoms with Gasteiger partial charge < -0.3 is 14.8 Å². The smallest absolute Gasteiger partial charge is 0.264 e. The molecule has 0 saturated carbocycles. The van der Waals surface area contributed by atoms with Gasteiger partial charge in [-0.25, -0.2) is 8.42 Å². The van der Waals surface area contributed by atoms with Crippen LogP contribution in [0.25, 0.3) is 0 Å². The van der Waals surface area contributed by atoms with Gasteiger partial charge in [0.05, 0.1) is 23.7 Å². The van der Waals surface area contributed by atoms with Crippen molar-refractivity contribution < 1.29 is 22.7 Å². The molecule has 0 spiro atoms. The van der Waals surface area contributed by atoms with Crippen LogP contribution in [0.15, 0.2) is 77.7 Å². The van der Waals surface area contributed by atoms with E-state index in [0.717, 1.165) is 9.87 Å². The van der Waals surface area contributed by atoms with Crippen LogP contribution >= 0.6 is 11.6 Å². The Bertz CT molecular complexity index is 1180. The molecular formula is C25H27ClN2O5S. The average molecular weight is 503 g/mol. The van der Waals surface area contributed by atoms with Gasteiger partial charge in [0.15, 0.2) is 0 Å². The summed E-state index contributed by atoms with van der Waals surface area (Å²) in [7, 11) is -3.98. The molecule has 9 heteroatoms. The van der Waals surface area contributed by atoms with Gasteiger partial charge in [-0.1, -0.05) is 29.3 Å². The molecule has 34 heavy (non-hydrogen) atoms. The first-order valence-electron chi connectivity index (χ1n) is 10.8. The van der Waals surface area contributed by atoms with E-state index in [1.807, 2.05) is 13.8 Å². The van der Waals surface area contributed by atoms with E-state index in [2.05, 4.69) is 5.32 Å². The average Bonchev–Trinajstić information content (AvgIpc) is 2.82. The van der Waals surface area contributed by atoms with Crippen LogP contribution in [-0.2, 0) is 14.8 Å². The van der Waals surface area contributed by atoms with E-state index >= 15 is 0 Å². The van der Waals surface area contributed by atoms with Crippen molar-refractivity contribution in [1.29, 1.82) is 0 Å². The number of hydrogen-bond donors (Lipinski definition) is 1. The number of rotatable bonds is 11. The fraction of sp³-hybridized carbons (Fsp3) is 0.240. The Kier molecular flexibility index (Phi) is 8.79. The minimum Gasteiger partial charge on any atom is -0.494 e. The minimum absolute atomic E-state index is 0.103. The van der Waals surface area contributed by atoms with E-state index in [0.29, 0.717) is 28.8 Å². The lowest BCUT2D eigenvalue weighted by Gasteiger charge is -2.24. The van der Waals surface area contributed by atoms with E-state index in [1.54, 1.807) is 60.7 Å². The van der Waals surface area contributed by atoms with Gasteiger partial charge in [-0.3, -0.25) is 9.10 Å². The Balaban J connectivity index is 1.71. The maximum atomic E-state index is 13.4. The van der Waals surface area contributed by atoms with Crippen molar-refractivity contribution in [1.82, 2.24) is 5.32 Å². The molecule has 0 aromatic heterocycles. The molecule has 0 aliphatic heterocycles. The molecular weight excluding hydrogens is 476 g/mol. The SMILES string of the molecule is CCOc1ccc(N(CC(=O)NCCOc2ccc(Cl)cc2)S(=O)(=O)c2ccc(C)cc2)cc1. The van der Waals surface area contributed by atoms with Crippen LogP contribution in [0, 0.1) is 6.92 Å². The number of anilines is 1. The van der Waals surface area contributed by atoms with E-state index < -0.39 is 15.9 Å². The van der Waals surface area contributed by atoms with Crippen LogP contribution in [0.5, 0.6) is 11.5 Å². The number of sulfonamides is 1. The van der Waals surface area contributed by atoms with Crippen molar-refractivity contribution in [2.24, 2.45) is 0 Å². The Hall–Kier alpha value is -3.23. The molecule has 0 heterocycles. The summed E-state index contributed by atoms with van der Waals surface area (Å²) in [5.41, 5.74) is 1.29. The first-order valence-corrected chi connectivity index (χ1v) is 12.6.